The highest BCUT2D eigenvalue weighted by molar-refractivity contribution is 5.84. The standard InChI is InChI=1S/C7H12N2O3/c1-5-2-9(3-6(8)10)7(11)4-12-5/h5H,2-4H2,1H3,(H2,8,10). The van der Waals surface area contributed by atoms with E-state index in [1.165, 1.54) is 4.90 Å². The first kappa shape index (κ1) is 8.99. The molecule has 1 aliphatic heterocycles. The van der Waals surface area contributed by atoms with Crippen LogP contribution >= 0.6 is 0 Å². The smallest absolute Gasteiger partial charge is 0.249 e. The summed E-state index contributed by atoms with van der Waals surface area (Å²) >= 11 is 0. The number of hydrogen-bond donors (Lipinski definition) is 1. The van der Waals surface area contributed by atoms with Crippen molar-refractivity contribution in [2.45, 2.75) is 13.0 Å². The van der Waals surface area contributed by atoms with Crippen LogP contribution in [0.3, 0.4) is 0 Å². The maximum atomic E-state index is 11.1. The maximum absolute atomic E-state index is 11.1. The van der Waals surface area contributed by atoms with Gasteiger partial charge in [0, 0.05) is 6.54 Å². The van der Waals surface area contributed by atoms with Crippen molar-refractivity contribution in [1.82, 2.24) is 4.90 Å². The predicted octanol–water partition coefficient (Wildman–Crippen LogP) is -1.28. The lowest BCUT2D eigenvalue weighted by molar-refractivity contribution is -0.150. The van der Waals surface area contributed by atoms with E-state index >= 15 is 0 Å². The highest BCUT2D eigenvalue weighted by Gasteiger charge is 2.24. The molecule has 68 valence electrons. The van der Waals surface area contributed by atoms with Crippen molar-refractivity contribution >= 4 is 11.8 Å². The monoisotopic (exact) mass is 172 g/mol. The number of nitrogens with two attached hydrogens (primary N) is 1. The third-order valence-electron chi connectivity index (χ3n) is 1.67. The van der Waals surface area contributed by atoms with E-state index < -0.39 is 5.91 Å². The molecule has 5 nitrogen and oxygen atoms in total. The molecule has 2 N–H and O–H groups in total. The van der Waals surface area contributed by atoms with Crippen LogP contribution in [0.4, 0.5) is 0 Å². The molecule has 1 aliphatic rings. The van der Waals surface area contributed by atoms with E-state index in [1.807, 2.05) is 6.92 Å². The second-order valence-electron chi connectivity index (χ2n) is 2.86. The number of amides is 2. The molecule has 1 unspecified atom stereocenters. The fourth-order valence-corrected chi connectivity index (χ4v) is 1.11. The zero-order valence-corrected chi connectivity index (χ0v) is 6.95. The Hall–Kier alpha value is -1.10. The summed E-state index contributed by atoms with van der Waals surface area (Å²) in [6, 6.07) is 0. The van der Waals surface area contributed by atoms with E-state index in [2.05, 4.69) is 0 Å². The molecular formula is C7H12N2O3. The molecule has 2 amide bonds. The van der Waals surface area contributed by atoms with Crippen LogP contribution in [0.2, 0.25) is 0 Å². The maximum Gasteiger partial charge on any atom is 0.249 e. The zero-order chi connectivity index (χ0) is 9.14. The summed E-state index contributed by atoms with van der Waals surface area (Å²) in [5, 5.41) is 0. The summed E-state index contributed by atoms with van der Waals surface area (Å²) in [4.78, 5) is 23.0. The van der Waals surface area contributed by atoms with Gasteiger partial charge in [0.1, 0.15) is 6.61 Å². The van der Waals surface area contributed by atoms with Crippen molar-refractivity contribution in [3.05, 3.63) is 0 Å². The van der Waals surface area contributed by atoms with Gasteiger partial charge in [-0.15, -0.1) is 0 Å². The Balaban J connectivity index is 2.49. The average molecular weight is 172 g/mol. The summed E-state index contributed by atoms with van der Waals surface area (Å²) in [7, 11) is 0. The number of hydrogen-bond acceptors (Lipinski definition) is 3. The molecule has 0 spiro atoms. The van der Waals surface area contributed by atoms with Gasteiger partial charge in [0.25, 0.3) is 0 Å². The first-order valence-corrected chi connectivity index (χ1v) is 3.77. The minimum atomic E-state index is -0.488. The zero-order valence-electron chi connectivity index (χ0n) is 6.95. The average Bonchev–Trinajstić information content (AvgIpc) is 1.96. The van der Waals surface area contributed by atoms with Crippen LogP contribution < -0.4 is 5.73 Å². The van der Waals surface area contributed by atoms with Gasteiger partial charge in [-0.1, -0.05) is 0 Å². The fraction of sp³-hybridized carbons (Fsp3) is 0.714. The molecule has 1 fully saturated rings. The van der Waals surface area contributed by atoms with E-state index in [0.717, 1.165) is 0 Å². The quantitative estimate of drug-likeness (QED) is 0.563. The van der Waals surface area contributed by atoms with E-state index in [0.29, 0.717) is 6.54 Å². The first-order valence-electron chi connectivity index (χ1n) is 3.77. The number of nitrogens with zero attached hydrogens (tertiary/aromatic N) is 1. The Bertz CT molecular complexity index is 205. The summed E-state index contributed by atoms with van der Waals surface area (Å²) in [5.74, 6) is -0.663. The van der Waals surface area contributed by atoms with Crippen LogP contribution in [0.15, 0.2) is 0 Å². The highest BCUT2D eigenvalue weighted by Crippen LogP contribution is 2.04. The van der Waals surface area contributed by atoms with Crippen molar-refractivity contribution < 1.29 is 14.3 Å². The Morgan fingerprint density at radius 2 is 2.50 bits per heavy atom. The SMILES string of the molecule is CC1CN(CC(N)=O)C(=O)CO1. The van der Waals surface area contributed by atoms with Gasteiger partial charge in [0.05, 0.1) is 12.6 Å². The molecule has 0 aromatic carbocycles. The Kier molecular flexibility index (Phi) is 2.65. The summed E-state index contributed by atoms with van der Waals surface area (Å²) in [5.41, 5.74) is 4.96. The van der Waals surface area contributed by atoms with Crippen LogP contribution in [-0.2, 0) is 14.3 Å². The molecule has 0 bridgehead atoms. The van der Waals surface area contributed by atoms with Crippen molar-refractivity contribution in [3.63, 3.8) is 0 Å². The molecule has 5 heteroatoms. The van der Waals surface area contributed by atoms with Gasteiger partial charge in [-0.25, -0.2) is 0 Å². The molecule has 0 aromatic heterocycles. The number of rotatable bonds is 2. The first-order chi connectivity index (χ1) is 5.59. The predicted molar refractivity (Wildman–Crippen MR) is 41.2 cm³/mol. The molecule has 1 atom stereocenters. The van der Waals surface area contributed by atoms with E-state index in [-0.39, 0.29) is 25.2 Å². The topological polar surface area (TPSA) is 72.6 Å². The number of primary amides is 1. The second-order valence-corrected chi connectivity index (χ2v) is 2.86. The Morgan fingerprint density at radius 1 is 1.83 bits per heavy atom. The molecule has 0 aromatic rings. The van der Waals surface area contributed by atoms with Crippen LogP contribution in [-0.4, -0.2) is 42.5 Å². The molecule has 0 radical (unpaired) electrons. The van der Waals surface area contributed by atoms with Crippen molar-refractivity contribution in [3.8, 4) is 0 Å². The molecule has 0 saturated carbocycles. The molecular weight excluding hydrogens is 160 g/mol. The number of ether oxygens (including phenoxy) is 1. The molecule has 1 heterocycles. The minimum absolute atomic E-state index is 0.00741. The number of carbonyl (C=O) groups excluding carboxylic acids is 2. The Morgan fingerprint density at radius 3 is 3.08 bits per heavy atom. The van der Waals surface area contributed by atoms with Crippen molar-refractivity contribution in [2.24, 2.45) is 5.73 Å². The van der Waals surface area contributed by atoms with E-state index in [1.54, 1.807) is 0 Å². The highest BCUT2D eigenvalue weighted by atomic mass is 16.5. The normalized spacial score (nSPS) is 24.2. The third-order valence-corrected chi connectivity index (χ3v) is 1.67. The molecule has 12 heavy (non-hydrogen) atoms. The van der Waals surface area contributed by atoms with Gasteiger partial charge in [-0.2, -0.15) is 0 Å². The van der Waals surface area contributed by atoms with Crippen LogP contribution in [0.5, 0.6) is 0 Å². The van der Waals surface area contributed by atoms with E-state index in [4.69, 9.17) is 10.5 Å². The van der Waals surface area contributed by atoms with Crippen LogP contribution in [0, 0.1) is 0 Å². The van der Waals surface area contributed by atoms with Gasteiger partial charge < -0.3 is 15.4 Å². The lowest BCUT2D eigenvalue weighted by atomic mass is 10.3. The fourth-order valence-electron chi connectivity index (χ4n) is 1.11. The van der Waals surface area contributed by atoms with Crippen molar-refractivity contribution in [2.75, 3.05) is 19.7 Å². The van der Waals surface area contributed by atoms with Gasteiger partial charge in [-0.05, 0) is 6.92 Å². The molecule has 0 aliphatic carbocycles. The van der Waals surface area contributed by atoms with Gasteiger partial charge in [-0.3, -0.25) is 9.59 Å². The van der Waals surface area contributed by atoms with Gasteiger partial charge >= 0.3 is 0 Å². The second kappa shape index (κ2) is 3.53. The van der Waals surface area contributed by atoms with Gasteiger partial charge in [0.2, 0.25) is 11.8 Å². The van der Waals surface area contributed by atoms with Crippen LogP contribution in [0.1, 0.15) is 6.92 Å². The third kappa shape index (κ3) is 2.20. The molecule has 1 saturated heterocycles. The summed E-state index contributed by atoms with van der Waals surface area (Å²) in [6.07, 6.45) is -0.0120. The minimum Gasteiger partial charge on any atom is -0.368 e. The lowest BCUT2D eigenvalue weighted by Crippen LogP contribution is -2.48. The summed E-state index contributed by atoms with van der Waals surface area (Å²) in [6.45, 7) is 2.34. The van der Waals surface area contributed by atoms with Crippen LogP contribution in [0.25, 0.3) is 0 Å². The number of morpholine rings is 1. The number of carbonyl (C=O) groups is 2. The molecule has 1 rings (SSSR count). The largest absolute Gasteiger partial charge is 0.368 e. The van der Waals surface area contributed by atoms with E-state index in [9.17, 15) is 9.59 Å². The van der Waals surface area contributed by atoms with Gasteiger partial charge in [0.15, 0.2) is 0 Å². The lowest BCUT2D eigenvalue weighted by Gasteiger charge is -2.29. The summed E-state index contributed by atoms with van der Waals surface area (Å²) < 4.78 is 5.06. The Labute approximate surface area is 70.5 Å². The van der Waals surface area contributed by atoms with Crippen molar-refractivity contribution in [1.29, 1.82) is 0 Å².